The number of hydrogen-bond donors (Lipinski definition) is 2. The van der Waals surface area contributed by atoms with Gasteiger partial charge in [0.2, 0.25) is 0 Å². The first-order chi connectivity index (χ1) is 19.0. The van der Waals surface area contributed by atoms with Crippen LogP contribution in [0.3, 0.4) is 0 Å². The van der Waals surface area contributed by atoms with Gasteiger partial charge in [0, 0.05) is 12.1 Å². The maximum Gasteiger partial charge on any atom is 0.513 e. The highest BCUT2D eigenvalue weighted by atomic mass is 16.7. The summed E-state index contributed by atoms with van der Waals surface area (Å²) in [6.45, 7) is 4.30. The lowest BCUT2D eigenvalue weighted by Crippen LogP contribution is -2.32. The number of nitrogens with one attached hydrogen (secondary N) is 2. The third-order valence-electron chi connectivity index (χ3n) is 6.19. The van der Waals surface area contributed by atoms with Gasteiger partial charge in [0.25, 0.3) is 0 Å². The van der Waals surface area contributed by atoms with Crippen molar-refractivity contribution in [1.29, 1.82) is 0 Å². The molecule has 1 amide bonds. The van der Waals surface area contributed by atoms with Crippen LogP contribution in [-0.2, 0) is 27.2 Å². The second-order valence-electron chi connectivity index (χ2n) is 8.96. The molecular weight excluding hydrogens is 496 g/mol. The maximum atomic E-state index is 12.9. The van der Waals surface area contributed by atoms with Crippen molar-refractivity contribution < 1.29 is 28.5 Å². The number of hydrogen-bond acceptors (Lipinski definition) is 7. The van der Waals surface area contributed by atoms with Crippen LogP contribution in [0.2, 0.25) is 0 Å². The lowest BCUT2D eigenvalue weighted by Gasteiger charge is -2.31. The topological polar surface area (TPSA) is 95.1 Å². The predicted molar refractivity (Wildman–Crippen MR) is 147 cm³/mol. The van der Waals surface area contributed by atoms with E-state index < -0.39 is 18.2 Å². The zero-order valence-corrected chi connectivity index (χ0v) is 22.2. The lowest BCUT2D eigenvalue weighted by atomic mass is 9.90. The number of carbonyl (C=O) groups excluding carboxylic acids is 2. The van der Waals surface area contributed by atoms with Crippen LogP contribution in [0.4, 0.5) is 9.59 Å². The molecular formula is C31H32N2O6. The number of allylic oxidation sites excluding steroid dienone is 2. The van der Waals surface area contributed by atoms with E-state index in [0.717, 1.165) is 11.1 Å². The standard InChI is InChI=1S/C31H32N2O6/c1-21-28(38-30(34)32-19-18-23-12-6-4-7-13-23)27(29(22(2)33-21)39-31(35)36-3)25-16-10-11-17-26(25)37-20-24-14-8-5-9-15-24/h4-17,27,33H,18-20H2,1-3H3,(H,32,34). The van der Waals surface area contributed by atoms with E-state index in [-0.39, 0.29) is 11.5 Å². The largest absolute Gasteiger partial charge is 0.513 e. The second kappa shape index (κ2) is 13.2. The van der Waals surface area contributed by atoms with Gasteiger partial charge in [0.1, 0.15) is 29.8 Å². The van der Waals surface area contributed by atoms with E-state index in [0.29, 0.717) is 42.3 Å². The summed E-state index contributed by atoms with van der Waals surface area (Å²) in [5.74, 6) is 0.338. The van der Waals surface area contributed by atoms with E-state index in [1.807, 2.05) is 84.9 Å². The Morgan fingerprint density at radius 2 is 1.38 bits per heavy atom. The normalized spacial score (nSPS) is 14.8. The van der Waals surface area contributed by atoms with Crippen molar-refractivity contribution >= 4 is 12.2 Å². The molecule has 3 aromatic carbocycles. The number of methoxy groups -OCH3 is 1. The van der Waals surface area contributed by atoms with Crippen LogP contribution in [0, 0.1) is 0 Å². The summed E-state index contributed by atoms with van der Waals surface area (Å²) in [6, 6.07) is 27.0. The van der Waals surface area contributed by atoms with Gasteiger partial charge in [-0.05, 0) is 37.5 Å². The van der Waals surface area contributed by atoms with E-state index in [4.69, 9.17) is 18.9 Å². The minimum Gasteiger partial charge on any atom is -0.489 e. The smallest absolute Gasteiger partial charge is 0.489 e. The molecule has 0 saturated heterocycles. The van der Waals surface area contributed by atoms with Crippen molar-refractivity contribution in [1.82, 2.24) is 10.6 Å². The summed E-state index contributed by atoms with van der Waals surface area (Å²) >= 11 is 0. The molecule has 0 bridgehead atoms. The highest BCUT2D eigenvalue weighted by molar-refractivity contribution is 5.70. The number of ether oxygens (including phenoxy) is 4. The number of rotatable bonds is 9. The van der Waals surface area contributed by atoms with Gasteiger partial charge in [0.15, 0.2) is 0 Å². The van der Waals surface area contributed by atoms with Crippen LogP contribution in [0.5, 0.6) is 5.75 Å². The third kappa shape index (κ3) is 7.19. The average molecular weight is 529 g/mol. The Labute approximate surface area is 228 Å². The zero-order valence-electron chi connectivity index (χ0n) is 22.2. The Morgan fingerprint density at radius 3 is 2.05 bits per heavy atom. The van der Waals surface area contributed by atoms with Crippen LogP contribution in [-0.4, -0.2) is 25.9 Å². The predicted octanol–water partition coefficient (Wildman–Crippen LogP) is 6.17. The molecule has 8 heteroatoms. The van der Waals surface area contributed by atoms with E-state index in [1.165, 1.54) is 7.11 Å². The molecule has 1 aliphatic heterocycles. The molecule has 1 aliphatic rings. The number of alkyl carbamates (subject to hydrolysis) is 1. The van der Waals surface area contributed by atoms with E-state index in [2.05, 4.69) is 10.6 Å². The summed E-state index contributed by atoms with van der Waals surface area (Å²) in [5.41, 5.74) is 3.95. The molecule has 0 spiro atoms. The Kier molecular flexibility index (Phi) is 9.24. The van der Waals surface area contributed by atoms with Gasteiger partial charge < -0.3 is 29.6 Å². The van der Waals surface area contributed by atoms with Crippen LogP contribution in [0.1, 0.15) is 36.5 Å². The van der Waals surface area contributed by atoms with Gasteiger partial charge >= 0.3 is 12.2 Å². The highest BCUT2D eigenvalue weighted by Gasteiger charge is 2.37. The van der Waals surface area contributed by atoms with E-state index >= 15 is 0 Å². The lowest BCUT2D eigenvalue weighted by molar-refractivity contribution is 0.0886. The van der Waals surface area contributed by atoms with Crippen molar-refractivity contribution in [3.63, 3.8) is 0 Å². The first kappa shape index (κ1) is 27.3. The Morgan fingerprint density at radius 1 is 0.795 bits per heavy atom. The van der Waals surface area contributed by atoms with Crippen molar-refractivity contribution in [2.75, 3.05) is 13.7 Å². The van der Waals surface area contributed by atoms with Crippen molar-refractivity contribution in [3.05, 3.63) is 125 Å². The minimum atomic E-state index is -0.884. The van der Waals surface area contributed by atoms with Crippen LogP contribution in [0.15, 0.2) is 108 Å². The average Bonchev–Trinajstić information content (AvgIpc) is 2.96. The summed E-state index contributed by atoms with van der Waals surface area (Å²) in [6.07, 6.45) is -0.849. The molecule has 2 N–H and O–H groups in total. The Hall–Kier alpha value is -4.72. The molecule has 0 aromatic heterocycles. The zero-order chi connectivity index (χ0) is 27.6. The molecule has 0 aliphatic carbocycles. The van der Waals surface area contributed by atoms with Gasteiger partial charge in [-0.25, -0.2) is 9.59 Å². The molecule has 0 fully saturated rings. The molecule has 4 rings (SSSR count). The van der Waals surface area contributed by atoms with Crippen LogP contribution < -0.4 is 15.4 Å². The van der Waals surface area contributed by atoms with Crippen LogP contribution >= 0.6 is 0 Å². The number of para-hydroxylation sites is 1. The summed E-state index contributed by atoms with van der Waals surface area (Å²) in [5, 5.41) is 5.96. The summed E-state index contributed by atoms with van der Waals surface area (Å²) in [4.78, 5) is 25.1. The molecule has 39 heavy (non-hydrogen) atoms. The van der Waals surface area contributed by atoms with Gasteiger partial charge in [-0.1, -0.05) is 78.9 Å². The molecule has 3 aromatic rings. The fourth-order valence-corrected chi connectivity index (χ4v) is 4.32. The number of carbonyl (C=O) groups is 2. The van der Waals surface area contributed by atoms with Crippen molar-refractivity contribution in [2.45, 2.75) is 32.8 Å². The molecule has 0 saturated carbocycles. The Balaban J connectivity index is 1.61. The summed E-state index contributed by atoms with van der Waals surface area (Å²) in [7, 11) is 1.24. The number of dihydropyridines is 1. The van der Waals surface area contributed by atoms with Gasteiger partial charge in [-0.3, -0.25) is 0 Å². The number of amides is 1. The monoisotopic (exact) mass is 528 g/mol. The van der Waals surface area contributed by atoms with Crippen molar-refractivity contribution in [2.24, 2.45) is 0 Å². The third-order valence-corrected chi connectivity index (χ3v) is 6.19. The fourth-order valence-electron chi connectivity index (χ4n) is 4.32. The van der Waals surface area contributed by atoms with Gasteiger partial charge in [-0.2, -0.15) is 0 Å². The SMILES string of the molecule is COC(=O)OC1=C(C)NC(C)=C(OC(=O)NCCc2ccccc2)C1c1ccccc1OCc1ccccc1. The number of benzene rings is 3. The van der Waals surface area contributed by atoms with Crippen LogP contribution in [0.25, 0.3) is 0 Å². The summed E-state index contributed by atoms with van der Waals surface area (Å²) < 4.78 is 22.4. The van der Waals surface area contributed by atoms with Crippen molar-refractivity contribution in [3.8, 4) is 5.75 Å². The minimum absolute atomic E-state index is 0.246. The second-order valence-corrected chi connectivity index (χ2v) is 8.96. The molecule has 202 valence electrons. The first-order valence-corrected chi connectivity index (χ1v) is 12.7. The van der Waals surface area contributed by atoms with E-state index in [9.17, 15) is 9.59 Å². The molecule has 0 radical (unpaired) electrons. The highest BCUT2D eigenvalue weighted by Crippen LogP contribution is 2.43. The quantitative estimate of drug-likeness (QED) is 0.321. The molecule has 1 unspecified atom stereocenters. The van der Waals surface area contributed by atoms with Gasteiger partial charge in [0.05, 0.1) is 18.5 Å². The Bertz CT molecular complexity index is 1350. The molecule has 1 heterocycles. The molecule has 1 atom stereocenters. The fraction of sp³-hybridized carbons (Fsp3) is 0.226. The maximum absolute atomic E-state index is 12.9. The van der Waals surface area contributed by atoms with Gasteiger partial charge in [-0.15, -0.1) is 0 Å². The van der Waals surface area contributed by atoms with E-state index in [1.54, 1.807) is 13.8 Å². The first-order valence-electron chi connectivity index (χ1n) is 12.7. The molecule has 8 nitrogen and oxygen atoms in total.